The highest BCUT2D eigenvalue weighted by molar-refractivity contribution is 9.10. The van der Waals surface area contributed by atoms with E-state index in [2.05, 4.69) is 41.3 Å². The summed E-state index contributed by atoms with van der Waals surface area (Å²) in [5.41, 5.74) is 0.427. The largest absolute Gasteiger partial charge is 0.504 e. The standard InChI is InChI=1S/C26H25BrClF2N9O4/c1-3-17-20(36-6-8-37(9-7-36)23(42)19-21(41)13(2)31-12-32-19)24(43)39-26(34-25(27)35-39)38(17)11-18(40)33-16-5-4-14(22(29)30)10-15(16)28/h4-5,10,12,22,41H,3,6-9,11H2,1-2H3,(H,33,40). The molecule has 4 aromatic rings. The molecule has 43 heavy (non-hydrogen) atoms. The number of piperazine rings is 1. The van der Waals surface area contributed by atoms with Gasteiger partial charge in [-0.1, -0.05) is 24.6 Å². The number of nitrogens with zero attached hydrogens (tertiary/aromatic N) is 8. The minimum Gasteiger partial charge on any atom is -0.504 e. The number of nitrogens with one attached hydrogen (secondary N) is 1. The number of carbonyl (C=O) groups is 2. The molecule has 3 aromatic heterocycles. The van der Waals surface area contributed by atoms with Gasteiger partial charge in [0.15, 0.2) is 11.4 Å². The average Bonchev–Trinajstić information content (AvgIpc) is 3.38. The van der Waals surface area contributed by atoms with Gasteiger partial charge < -0.3 is 24.8 Å². The van der Waals surface area contributed by atoms with Crippen molar-refractivity contribution in [2.24, 2.45) is 0 Å². The third-order valence-corrected chi connectivity index (χ3v) is 7.70. The highest BCUT2D eigenvalue weighted by Gasteiger charge is 2.30. The molecule has 1 aromatic carbocycles. The van der Waals surface area contributed by atoms with Gasteiger partial charge in [-0.25, -0.2) is 18.7 Å². The molecule has 4 heterocycles. The molecule has 2 amide bonds. The molecule has 0 radical (unpaired) electrons. The number of rotatable bonds is 7. The molecule has 0 unspecified atom stereocenters. The molecular formula is C26H25BrClF2N9O4. The number of aromatic nitrogens is 6. The molecule has 1 fully saturated rings. The van der Waals surface area contributed by atoms with E-state index in [9.17, 15) is 28.3 Å². The Labute approximate surface area is 256 Å². The maximum atomic E-state index is 13.7. The number of benzene rings is 1. The molecule has 1 aliphatic rings. The number of fused-ring (bicyclic) bond motifs is 1. The van der Waals surface area contributed by atoms with Gasteiger partial charge in [0.05, 0.1) is 22.1 Å². The zero-order valence-electron chi connectivity index (χ0n) is 22.9. The Kier molecular flexibility index (Phi) is 8.59. The smallest absolute Gasteiger partial charge is 0.299 e. The van der Waals surface area contributed by atoms with Crippen LogP contribution in [0.4, 0.5) is 20.2 Å². The molecule has 0 aliphatic carbocycles. The zero-order chi connectivity index (χ0) is 31.0. The normalized spacial score (nSPS) is 13.7. The van der Waals surface area contributed by atoms with Crippen molar-refractivity contribution in [1.82, 2.24) is 34.0 Å². The summed E-state index contributed by atoms with van der Waals surface area (Å²) in [5.74, 6) is -1.15. The quantitative estimate of drug-likeness (QED) is 0.300. The average molecular weight is 681 g/mol. The van der Waals surface area contributed by atoms with E-state index in [-0.39, 0.29) is 76.6 Å². The van der Waals surface area contributed by atoms with Gasteiger partial charge in [-0.15, -0.1) is 5.10 Å². The van der Waals surface area contributed by atoms with Crippen molar-refractivity contribution in [1.29, 1.82) is 0 Å². The number of anilines is 2. The van der Waals surface area contributed by atoms with Crippen LogP contribution in [-0.2, 0) is 17.8 Å². The molecule has 17 heteroatoms. The lowest BCUT2D eigenvalue weighted by Gasteiger charge is -2.36. The number of aromatic hydroxyl groups is 1. The second-order valence-electron chi connectivity index (χ2n) is 9.66. The van der Waals surface area contributed by atoms with Crippen molar-refractivity contribution in [3.63, 3.8) is 0 Å². The second-order valence-corrected chi connectivity index (χ2v) is 10.8. The van der Waals surface area contributed by atoms with E-state index in [1.807, 2.05) is 11.8 Å². The van der Waals surface area contributed by atoms with Gasteiger partial charge in [0.25, 0.3) is 17.9 Å². The van der Waals surface area contributed by atoms with Gasteiger partial charge >= 0.3 is 0 Å². The monoisotopic (exact) mass is 679 g/mol. The second kappa shape index (κ2) is 12.2. The molecule has 2 N–H and O–H groups in total. The van der Waals surface area contributed by atoms with Crippen molar-refractivity contribution in [2.75, 3.05) is 36.4 Å². The van der Waals surface area contributed by atoms with E-state index in [0.717, 1.165) is 10.6 Å². The van der Waals surface area contributed by atoms with Crippen LogP contribution in [-0.4, -0.2) is 77.1 Å². The number of aryl methyl sites for hydroxylation is 1. The van der Waals surface area contributed by atoms with Crippen LogP contribution in [0.25, 0.3) is 5.78 Å². The van der Waals surface area contributed by atoms with E-state index >= 15 is 0 Å². The fraction of sp³-hybridized carbons (Fsp3) is 0.346. The third-order valence-electron chi connectivity index (χ3n) is 7.05. The number of halogens is 4. The van der Waals surface area contributed by atoms with E-state index in [1.165, 1.54) is 23.4 Å². The first kappa shape index (κ1) is 30.3. The Hall–Kier alpha value is -4.18. The molecule has 0 bridgehead atoms. The third kappa shape index (κ3) is 5.88. The first-order chi connectivity index (χ1) is 20.5. The summed E-state index contributed by atoms with van der Waals surface area (Å²) < 4.78 is 28.8. The molecule has 226 valence electrons. The fourth-order valence-corrected chi connectivity index (χ4v) is 5.47. The summed E-state index contributed by atoms with van der Waals surface area (Å²) in [6, 6.07) is 3.56. The highest BCUT2D eigenvalue weighted by Crippen LogP contribution is 2.29. The Balaban J connectivity index is 1.43. The zero-order valence-corrected chi connectivity index (χ0v) is 25.2. The van der Waals surface area contributed by atoms with Gasteiger partial charge in [0.2, 0.25) is 16.4 Å². The van der Waals surface area contributed by atoms with Crippen molar-refractivity contribution < 1.29 is 23.5 Å². The van der Waals surface area contributed by atoms with Crippen LogP contribution < -0.4 is 15.8 Å². The molecule has 0 saturated carbocycles. The van der Waals surface area contributed by atoms with Crippen molar-refractivity contribution >= 4 is 56.5 Å². The number of hydrogen-bond donors (Lipinski definition) is 2. The van der Waals surface area contributed by atoms with Crippen LogP contribution in [0.1, 0.15) is 40.8 Å². The van der Waals surface area contributed by atoms with Crippen LogP contribution in [0.2, 0.25) is 5.02 Å². The lowest BCUT2D eigenvalue weighted by Crippen LogP contribution is -2.51. The van der Waals surface area contributed by atoms with Gasteiger partial charge in [-0.05, 0) is 41.4 Å². The summed E-state index contributed by atoms with van der Waals surface area (Å²) in [5, 5.41) is 17.0. The van der Waals surface area contributed by atoms with Crippen molar-refractivity contribution in [3.8, 4) is 5.75 Å². The SMILES string of the molecule is CCc1c(N2CCN(C(=O)c3ncnc(C)c3O)CC2)c(=O)n2nc(Br)nc2n1CC(=O)Nc1ccc(C(F)F)cc1Cl. The minimum absolute atomic E-state index is 0.0457. The van der Waals surface area contributed by atoms with Gasteiger partial charge in [-0.2, -0.15) is 9.50 Å². The Morgan fingerprint density at radius 3 is 2.56 bits per heavy atom. The molecule has 0 atom stereocenters. The molecule has 13 nitrogen and oxygen atoms in total. The number of alkyl halides is 2. The lowest BCUT2D eigenvalue weighted by atomic mass is 10.2. The first-order valence-corrected chi connectivity index (χ1v) is 14.3. The van der Waals surface area contributed by atoms with Crippen LogP contribution in [0, 0.1) is 6.92 Å². The Morgan fingerprint density at radius 1 is 1.19 bits per heavy atom. The summed E-state index contributed by atoms with van der Waals surface area (Å²) in [4.78, 5) is 55.4. The highest BCUT2D eigenvalue weighted by atomic mass is 79.9. The van der Waals surface area contributed by atoms with Crippen LogP contribution in [0.3, 0.4) is 0 Å². The van der Waals surface area contributed by atoms with Crippen molar-refractivity contribution in [2.45, 2.75) is 33.2 Å². The predicted molar refractivity (Wildman–Crippen MR) is 156 cm³/mol. The Bertz CT molecular complexity index is 1790. The van der Waals surface area contributed by atoms with Gasteiger partial charge in [0, 0.05) is 31.7 Å². The molecular weight excluding hydrogens is 656 g/mol. The topological polar surface area (TPSA) is 151 Å². The predicted octanol–water partition coefficient (Wildman–Crippen LogP) is 3.21. The van der Waals surface area contributed by atoms with Crippen LogP contribution in [0.15, 0.2) is 34.1 Å². The fourth-order valence-electron chi connectivity index (χ4n) is 4.91. The maximum Gasteiger partial charge on any atom is 0.299 e. The molecule has 0 spiro atoms. The number of amides is 2. The van der Waals surface area contributed by atoms with Crippen LogP contribution in [0.5, 0.6) is 5.75 Å². The van der Waals surface area contributed by atoms with E-state index in [1.54, 1.807) is 11.5 Å². The van der Waals surface area contributed by atoms with E-state index < -0.39 is 23.8 Å². The van der Waals surface area contributed by atoms with Crippen LogP contribution >= 0.6 is 27.5 Å². The first-order valence-electron chi connectivity index (χ1n) is 13.1. The Morgan fingerprint density at radius 2 is 1.91 bits per heavy atom. The summed E-state index contributed by atoms with van der Waals surface area (Å²) in [7, 11) is 0. The van der Waals surface area contributed by atoms with Gasteiger partial charge in [-0.3, -0.25) is 14.4 Å². The molecule has 1 aliphatic heterocycles. The number of hydrogen-bond acceptors (Lipinski definition) is 9. The van der Waals surface area contributed by atoms with Gasteiger partial charge in [0.1, 0.15) is 18.6 Å². The lowest BCUT2D eigenvalue weighted by molar-refractivity contribution is -0.116. The van der Waals surface area contributed by atoms with E-state index in [4.69, 9.17) is 11.6 Å². The van der Waals surface area contributed by atoms with Crippen molar-refractivity contribution in [3.05, 3.63) is 67.3 Å². The minimum atomic E-state index is -2.71. The summed E-state index contributed by atoms with van der Waals surface area (Å²) in [6.07, 6.45) is -1.16. The number of carbonyl (C=O) groups excluding carboxylic acids is 2. The molecule has 5 rings (SSSR count). The summed E-state index contributed by atoms with van der Waals surface area (Å²) >= 11 is 9.33. The summed E-state index contributed by atoms with van der Waals surface area (Å²) in [6.45, 7) is 4.13. The van der Waals surface area contributed by atoms with E-state index in [0.29, 0.717) is 17.8 Å². The molecule has 1 saturated heterocycles. The maximum absolute atomic E-state index is 13.7.